The molecule has 0 bridgehead atoms. The molecule has 94 valence electrons. The second kappa shape index (κ2) is 6.33. The standard InChI is InChI=1S/C11H13BrClFN2O/c1-6(5-15)2-10(17)16-11-8(12)3-7(14)4-9(11)13/h3-4,6H,2,5,15H2,1H3,(H,16,17). The van der Waals surface area contributed by atoms with E-state index in [9.17, 15) is 9.18 Å². The van der Waals surface area contributed by atoms with E-state index >= 15 is 0 Å². The van der Waals surface area contributed by atoms with Crippen LogP contribution in [0.1, 0.15) is 13.3 Å². The molecule has 3 nitrogen and oxygen atoms in total. The summed E-state index contributed by atoms with van der Waals surface area (Å²) in [5, 5.41) is 2.79. The van der Waals surface area contributed by atoms with E-state index in [4.69, 9.17) is 17.3 Å². The van der Waals surface area contributed by atoms with Crippen molar-refractivity contribution in [3.8, 4) is 0 Å². The highest BCUT2D eigenvalue weighted by Gasteiger charge is 2.13. The Kier molecular flexibility index (Phi) is 5.36. The maximum Gasteiger partial charge on any atom is 0.224 e. The fourth-order valence-electron chi connectivity index (χ4n) is 1.25. The van der Waals surface area contributed by atoms with Gasteiger partial charge >= 0.3 is 0 Å². The van der Waals surface area contributed by atoms with Gasteiger partial charge in [0.2, 0.25) is 5.91 Å². The fraction of sp³-hybridized carbons (Fsp3) is 0.364. The molecule has 6 heteroatoms. The number of halogens is 3. The first-order valence-corrected chi connectivity index (χ1v) is 6.25. The first-order chi connectivity index (χ1) is 7.93. The average Bonchev–Trinajstić information content (AvgIpc) is 2.23. The molecular formula is C11H13BrClFN2O. The lowest BCUT2D eigenvalue weighted by molar-refractivity contribution is -0.116. The summed E-state index contributed by atoms with van der Waals surface area (Å²) in [6.45, 7) is 2.31. The maximum atomic E-state index is 13.0. The van der Waals surface area contributed by atoms with Gasteiger partial charge in [0, 0.05) is 10.9 Å². The van der Waals surface area contributed by atoms with E-state index in [1.165, 1.54) is 6.07 Å². The second-order valence-electron chi connectivity index (χ2n) is 3.84. The molecule has 3 N–H and O–H groups in total. The van der Waals surface area contributed by atoms with Gasteiger partial charge in [0.05, 0.1) is 10.7 Å². The van der Waals surface area contributed by atoms with Gasteiger partial charge in [0.15, 0.2) is 0 Å². The molecule has 0 radical (unpaired) electrons. The molecule has 0 aliphatic heterocycles. The van der Waals surface area contributed by atoms with Crippen molar-refractivity contribution < 1.29 is 9.18 Å². The van der Waals surface area contributed by atoms with Crippen LogP contribution in [0.5, 0.6) is 0 Å². The molecule has 1 aromatic carbocycles. The molecule has 0 aromatic heterocycles. The van der Waals surface area contributed by atoms with Crippen LogP contribution < -0.4 is 11.1 Å². The number of hydrogen-bond acceptors (Lipinski definition) is 2. The number of carbonyl (C=O) groups excluding carboxylic acids is 1. The van der Waals surface area contributed by atoms with Crippen LogP contribution in [0.4, 0.5) is 10.1 Å². The molecule has 1 atom stereocenters. The van der Waals surface area contributed by atoms with Crippen LogP contribution in [0.15, 0.2) is 16.6 Å². The minimum atomic E-state index is -0.463. The molecule has 0 saturated carbocycles. The summed E-state index contributed by atoms with van der Waals surface area (Å²) in [5.74, 6) is -0.569. The minimum Gasteiger partial charge on any atom is -0.330 e. The van der Waals surface area contributed by atoms with Crippen LogP contribution in [-0.4, -0.2) is 12.5 Å². The van der Waals surface area contributed by atoms with Crippen molar-refractivity contribution in [3.05, 3.63) is 27.4 Å². The van der Waals surface area contributed by atoms with E-state index in [-0.39, 0.29) is 16.8 Å². The van der Waals surface area contributed by atoms with Crippen LogP contribution in [0.25, 0.3) is 0 Å². The monoisotopic (exact) mass is 322 g/mol. The molecule has 0 saturated heterocycles. The summed E-state index contributed by atoms with van der Waals surface area (Å²) in [6.07, 6.45) is 0.302. The van der Waals surface area contributed by atoms with Gasteiger partial charge in [-0.1, -0.05) is 18.5 Å². The predicted octanol–water partition coefficient (Wildman–Crippen LogP) is 3.17. The van der Waals surface area contributed by atoms with Crippen LogP contribution in [0.2, 0.25) is 5.02 Å². The lowest BCUT2D eigenvalue weighted by Gasteiger charge is -2.12. The average molecular weight is 324 g/mol. The van der Waals surface area contributed by atoms with Gasteiger partial charge in [-0.15, -0.1) is 0 Å². The van der Waals surface area contributed by atoms with E-state index in [0.29, 0.717) is 23.1 Å². The molecule has 0 aliphatic carbocycles. The number of nitrogens with one attached hydrogen (secondary N) is 1. The van der Waals surface area contributed by atoms with Crippen LogP contribution in [-0.2, 0) is 4.79 Å². The molecule has 1 unspecified atom stereocenters. The fourth-order valence-corrected chi connectivity index (χ4v) is 2.15. The lowest BCUT2D eigenvalue weighted by atomic mass is 10.1. The molecule has 0 heterocycles. The van der Waals surface area contributed by atoms with Gasteiger partial charge in [0.1, 0.15) is 5.82 Å². The molecule has 1 aromatic rings. The predicted molar refractivity (Wildman–Crippen MR) is 70.6 cm³/mol. The van der Waals surface area contributed by atoms with Gasteiger partial charge in [-0.3, -0.25) is 4.79 Å². The zero-order valence-electron chi connectivity index (χ0n) is 9.27. The molecule has 17 heavy (non-hydrogen) atoms. The Morgan fingerprint density at radius 3 is 2.82 bits per heavy atom. The molecule has 1 amide bonds. The van der Waals surface area contributed by atoms with Crippen molar-refractivity contribution in [3.63, 3.8) is 0 Å². The molecule has 0 spiro atoms. The lowest BCUT2D eigenvalue weighted by Crippen LogP contribution is -2.20. The Labute approximate surface area is 113 Å². The summed E-state index contributed by atoms with van der Waals surface area (Å²) in [4.78, 5) is 11.6. The Hall–Kier alpha value is -0.650. The zero-order chi connectivity index (χ0) is 13.0. The SMILES string of the molecule is CC(CN)CC(=O)Nc1c(Cl)cc(F)cc1Br. The van der Waals surface area contributed by atoms with E-state index in [2.05, 4.69) is 21.2 Å². The van der Waals surface area contributed by atoms with Crippen molar-refractivity contribution in [2.45, 2.75) is 13.3 Å². The summed E-state index contributed by atoms with van der Waals surface area (Å²) >= 11 is 8.99. The number of benzene rings is 1. The van der Waals surface area contributed by atoms with Crippen molar-refractivity contribution in [2.24, 2.45) is 11.7 Å². The Morgan fingerprint density at radius 1 is 1.65 bits per heavy atom. The second-order valence-corrected chi connectivity index (χ2v) is 5.10. The zero-order valence-corrected chi connectivity index (χ0v) is 11.6. The summed E-state index contributed by atoms with van der Waals surface area (Å²) in [7, 11) is 0. The number of nitrogens with two attached hydrogens (primary N) is 1. The Bertz CT molecular complexity index is 405. The van der Waals surface area contributed by atoms with Gasteiger partial charge in [-0.2, -0.15) is 0 Å². The highest BCUT2D eigenvalue weighted by molar-refractivity contribution is 9.10. The normalized spacial score (nSPS) is 12.3. The van der Waals surface area contributed by atoms with E-state index in [1.807, 2.05) is 6.92 Å². The van der Waals surface area contributed by atoms with E-state index < -0.39 is 5.82 Å². The topological polar surface area (TPSA) is 55.1 Å². The minimum absolute atomic E-state index is 0.0907. The van der Waals surface area contributed by atoms with Crippen molar-refractivity contribution >= 4 is 39.1 Å². The number of carbonyl (C=O) groups is 1. The van der Waals surface area contributed by atoms with E-state index in [0.717, 1.165) is 6.07 Å². The van der Waals surface area contributed by atoms with Crippen LogP contribution in [0, 0.1) is 11.7 Å². The summed E-state index contributed by atoms with van der Waals surface area (Å²) in [5.41, 5.74) is 5.81. The van der Waals surface area contributed by atoms with E-state index in [1.54, 1.807) is 0 Å². The third-order valence-electron chi connectivity index (χ3n) is 2.21. The molecular weight excluding hydrogens is 310 g/mol. The number of amides is 1. The third kappa shape index (κ3) is 4.26. The summed E-state index contributed by atoms with van der Waals surface area (Å²) in [6, 6.07) is 2.39. The Balaban J connectivity index is 2.78. The van der Waals surface area contributed by atoms with Gasteiger partial charge < -0.3 is 11.1 Å². The molecule has 1 rings (SSSR count). The van der Waals surface area contributed by atoms with Gasteiger partial charge in [-0.05, 0) is 40.5 Å². The van der Waals surface area contributed by atoms with Gasteiger partial charge in [-0.25, -0.2) is 4.39 Å². The first-order valence-electron chi connectivity index (χ1n) is 5.08. The van der Waals surface area contributed by atoms with Crippen LogP contribution in [0.3, 0.4) is 0 Å². The largest absolute Gasteiger partial charge is 0.330 e. The van der Waals surface area contributed by atoms with Crippen molar-refractivity contribution in [1.29, 1.82) is 0 Å². The first kappa shape index (κ1) is 14.4. The van der Waals surface area contributed by atoms with Gasteiger partial charge in [0.25, 0.3) is 0 Å². The van der Waals surface area contributed by atoms with Crippen LogP contribution >= 0.6 is 27.5 Å². The van der Waals surface area contributed by atoms with Crippen molar-refractivity contribution in [1.82, 2.24) is 0 Å². The number of anilines is 1. The van der Waals surface area contributed by atoms with Crippen molar-refractivity contribution in [2.75, 3.05) is 11.9 Å². The Morgan fingerprint density at radius 2 is 2.29 bits per heavy atom. The highest BCUT2D eigenvalue weighted by atomic mass is 79.9. The highest BCUT2D eigenvalue weighted by Crippen LogP contribution is 2.31. The smallest absolute Gasteiger partial charge is 0.224 e. The quantitative estimate of drug-likeness (QED) is 0.894. The third-order valence-corrected chi connectivity index (χ3v) is 3.13. The number of hydrogen-bond donors (Lipinski definition) is 2. The molecule has 0 fully saturated rings. The maximum absolute atomic E-state index is 13.0. The number of rotatable bonds is 4. The summed E-state index contributed by atoms with van der Waals surface area (Å²) < 4.78 is 13.4. The molecule has 0 aliphatic rings.